The number of unbranched alkanes of at least 4 members (excludes halogenated alkanes) is 1. The van der Waals surface area contributed by atoms with E-state index in [2.05, 4.69) is 12.2 Å². The molecule has 0 aromatic carbocycles. The molecule has 1 aliphatic rings. The van der Waals surface area contributed by atoms with Gasteiger partial charge in [-0.1, -0.05) is 13.3 Å². The summed E-state index contributed by atoms with van der Waals surface area (Å²) in [5, 5.41) is 2.79. The van der Waals surface area contributed by atoms with Gasteiger partial charge in [0.05, 0.1) is 0 Å². The lowest BCUT2D eigenvalue weighted by molar-refractivity contribution is -0.121. The van der Waals surface area contributed by atoms with Crippen LogP contribution in [0.4, 0.5) is 4.79 Å². The largest absolute Gasteiger partial charge is 0.368 e. The van der Waals surface area contributed by atoms with Crippen LogP contribution in [0.3, 0.4) is 0 Å². The van der Waals surface area contributed by atoms with E-state index in [-0.39, 0.29) is 6.03 Å². The summed E-state index contributed by atoms with van der Waals surface area (Å²) in [6.45, 7) is 3.36. The van der Waals surface area contributed by atoms with Crippen LogP contribution in [0.2, 0.25) is 0 Å². The van der Waals surface area contributed by atoms with E-state index in [1.807, 2.05) is 0 Å². The number of carbonyl (C=O) groups excluding carboxylic acids is 2. The molecule has 5 heteroatoms. The van der Waals surface area contributed by atoms with Gasteiger partial charge in [0.15, 0.2) is 0 Å². The molecule has 1 unspecified atom stereocenters. The van der Waals surface area contributed by atoms with Gasteiger partial charge >= 0.3 is 6.03 Å². The van der Waals surface area contributed by atoms with Crippen molar-refractivity contribution in [1.82, 2.24) is 10.2 Å². The number of carbonyl (C=O) groups is 2. The van der Waals surface area contributed by atoms with Crippen LogP contribution in [0.5, 0.6) is 0 Å². The van der Waals surface area contributed by atoms with Gasteiger partial charge < -0.3 is 16.0 Å². The van der Waals surface area contributed by atoms with Crippen molar-refractivity contribution < 1.29 is 9.59 Å². The average Bonchev–Trinajstić information content (AvgIpc) is 2.66. The third-order valence-electron chi connectivity index (χ3n) is 2.65. The van der Waals surface area contributed by atoms with Gasteiger partial charge in [0.1, 0.15) is 6.04 Å². The van der Waals surface area contributed by atoms with Crippen molar-refractivity contribution in [2.24, 2.45) is 5.73 Å². The molecule has 0 bridgehead atoms. The van der Waals surface area contributed by atoms with Gasteiger partial charge in [-0.05, 0) is 19.3 Å². The second-order valence-electron chi connectivity index (χ2n) is 3.84. The van der Waals surface area contributed by atoms with Crippen LogP contribution in [-0.2, 0) is 4.79 Å². The predicted molar refractivity (Wildman–Crippen MR) is 57.2 cm³/mol. The summed E-state index contributed by atoms with van der Waals surface area (Å²) < 4.78 is 0. The minimum Gasteiger partial charge on any atom is -0.368 e. The second-order valence-corrected chi connectivity index (χ2v) is 3.84. The lowest BCUT2D eigenvalue weighted by Crippen LogP contribution is -2.48. The van der Waals surface area contributed by atoms with E-state index in [1.165, 1.54) is 4.90 Å². The molecule has 0 aromatic heterocycles. The standard InChI is InChI=1S/C10H19N3O2/c1-2-3-6-12-10(15)13-7-4-5-8(13)9(11)14/h8H,2-7H2,1H3,(H2,11,14)(H,12,15). The highest BCUT2D eigenvalue weighted by molar-refractivity contribution is 5.86. The molecule has 15 heavy (non-hydrogen) atoms. The summed E-state index contributed by atoms with van der Waals surface area (Å²) in [4.78, 5) is 24.2. The Morgan fingerprint density at radius 3 is 2.87 bits per heavy atom. The lowest BCUT2D eigenvalue weighted by Gasteiger charge is -2.22. The van der Waals surface area contributed by atoms with E-state index < -0.39 is 11.9 Å². The van der Waals surface area contributed by atoms with Crippen LogP contribution in [0.15, 0.2) is 0 Å². The highest BCUT2D eigenvalue weighted by Crippen LogP contribution is 2.16. The van der Waals surface area contributed by atoms with E-state index in [0.717, 1.165) is 19.3 Å². The molecule has 0 spiro atoms. The minimum absolute atomic E-state index is 0.162. The van der Waals surface area contributed by atoms with E-state index in [9.17, 15) is 9.59 Å². The number of nitrogens with two attached hydrogens (primary N) is 1. The Bertz CT molecular complexity index is 243. The molecule has 1 saturated heterocycles. The topological polar surface area (TPSA) is 75.4 Å². The van der Waals surface area contributed by atoms with Gasteiger partial charge in [-0.3, -0.25) is 4.79 Å². The first-order valence-electron chi connectivity index (χ1n) is 5.50. The van der Waals surface area contributed by atoms with Crippen molar-refractivity contribution in [3.8, 4) is 0 Å². The fourth-order valence-electron chi connectivity index (χ4n) is 1.78. The van der Waals surface area contributed by atoms with Crippen molar-refractivity contribution in [2.75, 3.05) is 13.1 Å². The molecule has 3 N–H and O–H groups in total. The monoisotopic (exact) mass is 213 g/mol. The summed E-state index contributed by atoms with van der Waals surface area (Å²) >= 11 is 0. The van der Waals surface area contributed by atoms with Crippen LogP contribution in [0.1, 0.15) is 32.6 Å². The quantitative estimate of drug-likeness (QED) is 0.665. The first kappa shape index (κ1) is 11.8. The third kappa shape index (κ3) is 3.11. The van der Waals surface area contributed by atoms with E-state index in [1.54, 1.807) is 0 Å². The molecular weight excluding hydrogens is 194 g/mol. The van der Waals surface area contributed by atoms with Gasteiger partial charge in [0.25, 0.3) is 0 Å². The lowest BCUT2D eigenvalue weighted by atomic mass is 10.2. The number of primary amides is 1. The molecule has 1 atom stereocenters. The van der Waals surface area contributed by atoms with Crippen molar-refractivity contribution in [1.29, 1.82) is 0 Å². The van der Waals surface area contributed by atoms with Crippen LogP contribution in [-0.4, -0.2) is 36.0 Å². The zero-order chi connectivity index (χ0) is 11.3. The van der Waals surface area contributed by atoms with Gasteiger partial charge in [-0.15, -0.1) is 0 Å². The molecule has 86 valence electrons. The van der Waals surface area contributed by atoms with Crippen LogP contribution >= 0.6 is 0 Å². The molecular formula is C10H19N3O2. The van der Waals surface area contributed by atoms with E-state index in [4.69, 9.17) is 5.73 Å². The summed E-state index contributed by atoms with van der Waals surface area (Å²) in [5.41, 5.74) is 5.22. The first-order valence-corrected chi connectivity index (χ1v) is 5.50. The van der Waals surface area contributed by atoms with Crippen LogP contribution in [0, 0.1) is 0 Å². The number of amides is 3. The molecule has 0 radical (unpaired) electrons. The number of hydrogen-bond acceptors (Lipinski definition) is 2. The van der Waals surface area contributed by atoms with Crippen molar-refractivity contribution in [3.05, 3.63) is 0 Å². The molecule has 5 nitrogen and oxygen atoms in total. The zero-order valence-corrected chi connectivity index (χ0v) is 9.16. The third-order valence-corrected chi connectivity index (χ3v) is 2.65. The Balaban J connectivity index is 2.40. The van der Waals surface area contributed by atoms with Gasteiger partial charge in [-0.25, -0.2) is 4.79 Å². The van der Waals surface area contributed by atoms with E-state index in [0.29, 0.717) is 19.5 Å². The Morgan fingerprint density at radius 1 is 1.53 bits per heavy atom. The number of urea groups is 1. The number of nitrogens with one attached hydrogen (secondary N) is 1. The maximum atomic E-state index is 11.6. The maximum absolute atomic E-state index is 11.6. The second kappa shape index (κ2) is 5.58. The fraction of sp³-hybridized carbons (Fsp3) is 0.800. The summed E-state index contributed by atoms with van der Waals surface area (Å²) in [7, 11) is 0. The number of hydrogen-bond donors (Lipinski definition) is 2. The average molecular weight is 213 g/mol. The SMILES string of the molecule is CCCCNC(=O)N1CCCC1C(N)=O. The highest BCUT2D eigenvalue weighted by Gasteiger charge is 2.32. The maximum Gasteiger partial charge on any atom is 0.318 e. The molecule has 1 fully saturated rings. The molecule has 0 aromatic rings. The Morgan fingerprint density at radius 2 is 2.27 bits per heavy atom. The zero-order valence-electron chi connectivity index (χ0n) is 9.16. The summed E-state index contributed by atoms with van der Waals surface area (Å²) in [6.07, 6.45) is 3.55. The number of rotatable bonds is 4. The summed E-state index contributed by atoms with van der Waals surface area (Å²) in [6, 6.07) is -0.573. The fourth-order valence-corrected chi connectivity index (χ4v) is 1.78. The van der Waals surface area contributed by atoms with E-state index >= 15 is 0 Å². The smallest absolute Gasteiger partial charge is 0.318 e. The predicted octanol–water partition coefficient (Wildman–Crippen LogP) is 0.446. The molecule has 1 heterocycles. The summed E-state index contributed by atoms with van der Waals surface area (Å²) in [5.74, 6) is -0.404. The first-order chi connectivity index (χ1) is 7.16. The Kier molecular flexibility index (Phi) is 4.39. The van der Waals surface area contributed by atoms with Crippen molar-refractivity contribution >= 4 is 11.9 Å². The van der Waals surface area contributed by atoms with Gasteiger partial charge in [0, 0.05) is 13.1 Å². The van der Waals surface area contributed by atoms with Gasteiger partial charge in [-0.2, -0.15) is 0 Å². The Hall–Kier alpha value is -1.26. The Labute approximate surface area is 90.0 Å². The minimum atomic E-state index is -0.411. The molecule has 1 aliphatic heterocycles. The molecule has 3 amide bonds. The highest BCUT2D eigenvalue weighted by atomic mass is 16.2. The van der Waals surface area contributed by atoms with Crippen LogP contribution < -0.4 is 11.1 Å². The van der Waals surface area contributed by atoms with Gasteiger partial charge in [0.2, 0.25) is 5.91 Å². The number of nitrogens with zero attached hydrogens (tertiary/aromatic N) is 1. The molecule has 0 saturated carbocycles. The molecule has 0 aliphatic carbocycles. The van der Waals surface area contributed by atoms with Crippen molar-refractivity contribution in [3.63, 3.8) is 0 Å². The normalized spacial score (nSPS) is 20.3. The molecule has 1 rings (SSSR count). The van der Waals surface area contributed by atoms with Crippen molar-refractivity contribution in [2.45, 2.75) is 38.6 Å². The number of likely N-dealkylation sites (tertiary alicyclic amines) is 1. The van der Waals surface area contributed by atoms with Crippen LogP contribution in [0.25, 0.3) is 0 Å².